The smallest absolute Gasteiger partial charge is 0.0123 e. The number of unbranched alkanes of at least 4 members (excludes halogenated alkanes) is 12. The molecule has 0 heterocycles. The van der Waals surface area contributed by atoms with Crippen molar-refractivity contribution in [3.8, 4) is 0 Å². The Kier molecular flexibility index (Phi) is 15.7. The van der Waals surface area contributed by atoms with E-state index in [4.69, 9.17) is 12.6 Å². The predicted molar refractivity (Wildman–Crippen MR) is 87.4 cm³/mol. The summed E-state index contributed by atoms with van der Waals surface area (Å²) in [5.74, 6) is 0. The summed E-state index contributed by atoms with van der Waals surface area (Å²) in [4.78, 5) is 0. The number of rotatable bonds is 14. The van der Waals surface area contributed by atoms with Gasteiger partial charge in [-0.1, -0.05) is 110 Å². The summed E-state index contributed by atoms with van der Waals surface area (Å²) in [6, 6.07) is 0. The summed E-state index contributed by atoms with van der Waals surface area (Å²) in [6.07, 6.45) is 19.9. The Labute approximate surface area is 122 Å². The third-order valence-corrected chi connectivity index (χ3v) is 3.95. The molecule has 0 spiro atoms. The van der Waals surface area contributed by atoms with Crippen molar-refractivity contribution in [3.63, 3.8) is 0 Å². The highest BCUT2D eigenvalue weighted by atomic mass is 32.1. The molecule has 0 saturated carbocycles. The van der Waals surface area contributed by atoms with Gasteiger partial charge in [0.05, 0.1) is 0 Å². The first kappa shape index (κ1) is 18.4. The van der Waals surface area contributed by atoms with Crippen molar-refractivity contribution in [1.82, 2.24) is 0 Å². The van der Waals surface area contributed by atoms with Crippen LogP contribution in [0.15, 0.2) is 0 Å². The zero-order valence-electron chi connectivity index (χ0n) is 12.9. The molecule has 1 heteroatoms. The van der Waals surface area contributed by atoms with E-state index >= 15 is 0 Å². The minimum Gasteiger partial charge on any atom is -0.0907 e. The molecule has 0 saturated heterocycles. The molecule has 0 nitrogen and oxygen atoms in total. The second kappa shape index (κ2) is 15.4. The third-order valence-electron chi connectivity index (χ3n) is 3.71. The van der Waals surface area contributed by atoms with Crippen molar-refractivity contribution in [1.29, 1.82) is 0 Å². The molecular formula is C17H35S. The van der Waals surface area contributed by atoms with Gasteiger partial charge in [-0.3, -0.25) is 0 Å². The maximum atomic E-state index is 5.17. The van der Waals surface area contributed by atoms with E-state index in [9.17, 15) is 0 Å². The molecular weight excluding hydrogens is 236 g/mol. The van der Waals surface area contributed by atoms with Crippen molar-refractivity contribution in [3.05, 3.63) is 0 Å². The minimum atomic E-state index is 0.484. The molecule has 0 aliphatic heterocycles. The lowest BCUT2D eigenvalue weighted by Crippen LogP contribution is -1.90. The normalized spacial score (nSPS) is 12.8. The van der Waals surface area contributed by atoms with Crippen molar-refractivity contribution >= 4 is 12.6 Å². The fraction of sp³-hybridized carbons (Fsp3) is 1.00. The van der Waals surface area contributed by atoms with Crippen LogP contribution in [-0.4, -0.2) is 5.25 Å². The lowest BCUT2D eigenvalue weighted by molar-refractivity contribution is 0.535. The van der Waals surface area contributed by atoms with Gasteiger partial charge in [0.2, 0.25) is 0 Å². The van der Waals surface area contributed by atoms with Crippen molar-refractivity contribution in [2.24, 2.45) is 0 Å². The van der Waals surface area contributed by atoms with Crippen LogP contribution in [0.5, 0.6) is 0 Å². The molecule has 18 heavy (non-hydrogen) atoms. The first-order chi connectivity index (χ1) is 8.77. The summed E-state index contributed by atoms with van der Waals surface area (Å²) in [5, 5.41) is 0.484. The van der Waals surface area contributed by atoms with Gasteiger partial charge in [-0.25, -0.2) is 0 Å². The van der Waals surface area contributed by atoms with Gasteiger partial charge in [-0.15, -0.1) is 0 Å². The monoisotopic (exact) mass is 271 g/mol. The van der Waals surface area contributed by atoms with Crippen LogP contribution < -0.4 is 0 Å². The summed E-state index contributed by atoms with van der Waals surface area (Å²) in [7, 11) is 0. The lowest BCUT2D eigenvalue weighted by atomic mass is 10.0. The van der Waals surface area contributed by atoms with E-state index in [0.717, 1.165) is 0 Å². The van der Waals surface area contributed by atoms with E-state index in [0.29, 0.717) is 5.25 Å². The SMILES string of the molecule is CCCCCCCCCCCCCCCC(C)[S]. The average Bonchev–Trinajstić information content (AvgIpc) is 2.34. The lowest BCUT2D eigenvalue weighted by Gasteiger charge is -2.04. The first-order valence-corrected chi connectivity index (χ1v) is 8.90. The highest BCUT2D eigenvalue weighted by molar-refractivity contribution is 7.80. The molecule has 1 unspecified atom stereocenters. The molecule has 0 aromatic rings. The molecule has 0 aromatic carbocycles. The van der Waals surface area contributed by atoms with Crippen molar-refractivity contribution < 1.29 is 0 Å². The van der Waals surface area contributed by atoms with Gasteiger partial charge >= 0.3 is 0 Å². The van der Waals surface area contributed by atoms with Crippen LogP contribution in [0.1, 0.15) is 104 Å². The largest absolute Gasteiger partial charge is 0.0907 e. The Bertz CT molecular complexity index is 143. The van der Waals surface area contributed by atoms with E-state index in [2.05, 4.69) is 13.8 Å². The molecule has 1 radical (unpaired) electrons. The van der Waals surface area contributed by atoms with E-state index in [1.807, 2.05) is 0 Å². The molecule has 0 amide bonds. The number of hydrogen-bond acceptors (Lipinski definition) is 0. The van der Waals surface area contributed by atoms with Gasteiger partial charge in [0, 0.05) is 5.25 Å². The molecule has 0 bridgehead atoms. The first-order valence-electron chi connectivity index (χ1n) is 8.43. The van der Waals surface area contributed by atoms with Gasteiger partial charge in [0.25, 0.3) is 0 Å². The van der Waals surface area contributed by atoms with E-state index < -0.39 is 0 Å². The summed E-state index contributed by atoms with van der Waals surface area (Å²) >= 11 is 5.17. The molecule has 0 rings (SSSR count). The zero-order chi connectivity index (χ0) is 13.5. The molecule has 1 atom stereocenters. The van der Waals surface area contributed by atoms with Crippen LogP contribution in [0.4, 0.5) is 0 Å². The molecule has 0 aliphatic rings. The van der Waals surface area contributed by atoms with E-state index in [-0.39, 0.29) is 0 Å². The van der Waals surface area contributed by atoms with Crippen LogP contribution in [0, 0.1) is 0 Å². The van der Waals surface area contributed by atoms with Crippen molar-refractivity contribution in [2.45, 2.75) is 109 Å². The summed E-state index contributed by atoms with van der Waals surface area (Å²) in [6.45, 7) is 4.44. The Morgan fingerprint density at radius 3 is 1.28 bits per heavy atom. The van der Waals surface area contributed by atoms with Crippen LogP contribution in [0.3, 0.4) is 0 Å². The van der Waals surface area contributed by atoms with E-state index in [1.54, 1.807) is 0 Å². The molecule has 0 N–H and O–H groups in total. The topological polar surface area (TPSA) is 0 Å². The molecule has 109 valence electrons. The average molecular weight is 272 g/mol. The molecule has 0 fully saturated rings. The van der Waals surface area contributed by atoms with Gasteiger partial charge in [-0.2, -0.15) is 0 Å². The maximum Gasteiger partial charge on any atom is 0.0123 e. The van der Waals surface area contributed by atoms with Gasteiger partial charge < -0.3 is 0 Å². The summed E-state index contributed by atoms with van der Waals surface area (Å²) in [5.41, 5.74) is 0. The molecule has 0 aliphatic carbocycles. The Morgan fingerprint density at radius 2 is 0.944 bits per heavy atom. The fourth-order valence-corrected chi connectivity index (χ4v) is 2.62. The van der Waals surface area contributed by atoms with Gasteiger partial charge in [0.1, 0.15) is 0 Å². The highest BCUT2D eigenvalue weighted by Crippen LogP contribution is 2.14. The predicted octanol–water partition coefficient (Wildman–Crippen LogP) is 7.05. The fourth-order valence-electron chi connectivity index (χ4n) is 2.45. The standard InChI is InChI=1S/C17H35S/c1-3-4-5-6-7-8-9-10-11-12-13-14-15-16-17(2)18/h17H,3-16H2,1-2H3. The maximum absolute atomic E-state index is 5.17. The zero-order valence-corrected chi connectivity index (χ0v) is 13.7. The Balaban J connectivity index is 2.90. The number of hydrogen-bond donors (Lipinski definition) is 0. The minimum absolute atomic E-state index is 0.484. The Hall–Kier alpha value is 0.350. The van der Waals surface area contributed by atoms with Crippen LogP contribution in [-0.2, 0) is 0 Å². The Morgan fingerprint density at radius 1 is 0.611 bits per heavy atom. The second-order valence-corrected chi connectivity index (χ2v) is 6.65. The summed E-state index contributed by atoms with van der Waals surface area (Å²) < 4.78 is 0. The van der Waals surface area contributed by atoms with Crippen LogP contribution in [0.2, 0.25) is 0 Å². The third kappa shape index (κ3) is 16.4. The second-order valence-electron chi connectivity index (χ2n) is 5.84. The van der Waals surface area contributed by atoms with Gasteiger partial charge in [-0.05, 0) is 6.42 Å². The highest BCUT2D eigenvalue weighted by Gasteiger charge is 1.96. The molecule has 0 aromatic heterocycles. The quantitative estimate of drug-likeness (QED) is 0.297. The van der Waals surface area contributed by atoms with Crippen LogP contribution in [0.25, 0.3) is 0 Å². The van der Waals surface area contributed by atoms with Crippen LogP contribution >= 0.6 is 12.6 Å². The van der Waals surface area contributed by atoms with Crippen molar-refractivity contribution in [2.75, 3.05) is 0 Å². The van der Waals surface area contributed by atoms with E-state index in [1.165, 1.54) is 89.9 Å². The van der Waals surface area contributed by atoms with Gasteiger partial charge in [0.15, 0.2) is 0 Å².